The molecule has 0 spiro atoms. The minimum absolute atomic E-state index is 0.178. The lowest BCUT2D eigenvalue weighted by molar-refractivity contribution is -0.161. The summed E-state index contributed by atoms with van der Waals surface area (Å²) in [5.74, 6) is -1.43. The Morgan fingerprint density at radius 2 is 0.571 bits per heavy atom. The monoisotopic (exact) mass is 1020 g/mol. The van der Waals surface area contributed by atoms with Crippen LogP contribution >= 0.6 is 7.82 Å². The predicted molar refractivity (Wildman–Crippen MR) is 289 cm³/mol. The van der Waals surface area contributed by atoms with Crippen molar-refractivity contribution in [1.29, 1.82) is 0 Å². The van der Waals surface area contributed by atoms with Gasteiger partial charge in [0, 0.05) is 19.3 Å². The maximum atomic E-state index is 12.9. The molecule has 0 radical (unpaired) electrons. The number of aliphatic hydroxyl groups excluding tert-OH is 1. The van der Waals surface area contributed by atoms with E-state index in [4.69, 9.17) is 23.3 Å². The molecule has 0 aromatic rings. The molecular weight excluding hydrogens is 904 g/mol. The average Bonchev–Trinajstić information content (AvgIpc) is 3.35. The number of carbonyl (C=O) groups excluding carboxylic acids is 3. The molecule has 3 atom stereocenters. The van der Waals surface area contributed by atoms with Gasteiger partial charge in [0.25, 0.3) is 0 Å². The Hall–Kier alpha value is -1.52. The molecule has 12 heteroatoms. The first kappa shape index (κ1) is 68.5. The number of phosphoric acid groups is 1. The molecule has 0 rings (SSSR count). The molecule has 0 amide bonds. The lowest BCUT2D eigenvalue weighted by Crippen LogP contribution is -2.30. The smallest absolute Gasteiger partial charge is 0.462 e. The Morgan fingerprint density at radius 1 is 0.343 bits per heavy atom. The molecule has 11 nitrogen and oxygen atoms in total. The summed E-state index contributed by atoms with van der Waals surface area (Å²) < 4.78 is 39.5. The average molecular weight is 1020 g/mol. The van der Waals surface area contributed by atoms with Crippen LogP contribution in [0.2, 0.25) is 0 Å². The molecule has 0 bridgehead atoms. The molecule has 0 aromatic heterocycles. The second-order valence-corrected chi connectivity index (χ2v) is 22.0. The summed E-state index contributed by atoms with van der Waals surface area (Å²) >= 11 is 0. The van der Waals surface area contributed by atoms with Crippen LogP contribution < -0.4 is 0 Å². The second kappa shape index (κ2) is 53.8. The molecule has 0 saturated carbocycles. The molecule has 3 unspecified atom stereocenters. The van der Waals surface area contributed by atoms with Gasteiger partial charge in [0.1, 0.15) is 12.7 Å². The third kappa shape index (κ3) is 51.4. The van der Waals surface area contributed by atoms with E-state index < -0.39 is 57.8 Å². The van der Waals surface area contributed by atoms with Gasteiger partial charge < -0.3 is 24.2 Å². The first-order chi connectivity index (χ1) is 34.2. The predicted octanol–water partition coefficient (Wildman–Crippen LogP) is 17.5. The molecule has 0 saturated heterocycles. The Labute approximate surface area is 431 Å². The molecular formula is C58H113O11P. The van der Waals surface area contributed by atoms with Crippen molar-refractivity contribution in [3.05, 3.63) is 0 Å². The summed E-state index contributed by atoms with van der Waals surface area (Å²) in [5, 5.41) is 9.79. The van der Waals surface area contributed by atoms with Gasteiger partial charge >= 0.3 is 25.7 Å². The van der Waals surface area contributed by atoms with Crippen LogP contribution in [-0.4, -0.2) is 66.5 Å². The lowest BCUT2D eigenvalue weighted by Gasteiger charge is -2.21. The summed E-state index contributed by atoms with van der Waals surface area (Å²) in [6.45, 7) is 4.71. The third-order valence-electron chi connectivity index (χ3n) is 13.5. The van der Waals surface area contributed by atoms with E-state index in [0.29, 0.717) is 19.3 Å². The van der Waals surface area contributed by atoms with Gasteiger partial charge in [-0.3, -0.25) is 23.4 Å². The Bertz CT molecular complexity index is 1190. The van der Waals surface area contributed by atoms with Gasteiger partial charge in [-0.1, -0.05) is 278 Å². The van der Waals surface area contributed by atoms with E-state index in [1.54, 1.807) is 0 Å². The Balaban J connectivity index is 4.61. The van der Waals surface area contributed by atoms with E-state index in [1.807, 2.05) is 0 Å². The van der Waals surface area contributed by atoms with Crippen LogP contribution in [0.15, 0.2) is 0 Å². The van der Waals surface area contributed by atoms with Gasteiger partial charge in [-0.2, -0.15) is 0 Å². The van der Waals surface area contributed by atoms with Gasteiger partial charge in [0.15, 0.2) is 6.10 Å². The summed E-state index contributed by atoms with van der Waals surface area (Å²) in [7, 11) is -4.73. The van der Waals surface area contributed by atoms with Gasteiger partial charge in [-0.15, -0.1) is 0 Å². The molecule has 0 aliphatic carbocycles. The maximum absolute atomic E-state index is 12.9. The van der Waals surface area contributed by atoms with Crippen LogP contribution in [-0.2, 0) is 42.2 Å². The number of phosphoric ester groups is 1. The van der Waals surface area contributed by atoms with Crippen LogP contribution in [0.4, 0.5) is 0 Å². The van der Waals surface area contributed by atoms with E-state index in [-0.39, 0.29) is 25.9 Å². The van der Waals surface area contributed by atoms with Crippen molar-refractivity contribution < 1.29 is 52.2 Å². The van der Waals surface area contributed by atoms with Crippen molar-refractivity contribution >= 4 is 25.7 Å². The quantitative estimate of drug-likeness (QED) is 0.0259. The third-order valence-corrected chi connectivity index (χ3v) is 14.5. The maximum Gasteiger partial charge on any atom is 0.472 e. The highest BCUT2D eigenvalue weighted by Crippen LogP contribution is 2.43. The zero-order valence-electron chi connectivity index (χ0n) is 46.0. The van der Waals surface area contributed by atoms with Crippen molar-refractivity contribution in [3.63, 3.8) is 0 Å². The molecule has 0 aliphatic heterocycles. The molecule has 70 heavy (non-hydrogen) atoms. The first-order valence-electron chi connectivity index (χ1n) is 29.9. The summed E-state index contributed by atoms with van der Waals surface area (Å²) in [5.41, 5.74) is 0. The summed E-state index contributed by atoms with van der Waals surface area (Å²) in [4.78, 5) is 48.5. The minimum atomic E-state index is -4.73. The van der Waals surface area contributed by atoms with Gasteiger partial charge in [-0.25, -0.2) is 4.57 Å². The SMILES string of the molecule is CCCCCCCCCCCCCCCCCCCCCC(=O)OCC(COP(=O)(O)OCC(CO)OC(=O)CCCCCCCCCCCCC)OC(=O)CCCCCCCCCCCCCCC. The number of hydrogen-bond acceptors (Lipinski definition) is 10. The Kier molecular flexibility index (Phi) is 52.6. The topological polar surface area (TPSA) is 155 Å². The highest BCUT2D eigenvalue weighted by atomic mass is 31.2. The second-order valence-electron chi connectivity index (χ2n) is 20.5. The van der Waals surface area contributed by atoms with Crippen LogP contribution in [0.1, 0.15) is 316 Å². The van der Waals surface area contributed by atoms with Gasteiger partial charge in [-0.05, 0) is 19.3 Å². The molecule has 0 aromatic carbocycles. The van der Waals surface area contributed by atoms with Crippen LogP contribution in [0, 0.1) is 0 Å². The fourth-order valence-electron chi connectivity index (χ4n) is 8.95. The van der Waals surface area contributed by atoms with Gasteiger partial charge in [0.2, 0.25) is 0 Å². The number of hydrogen-bond donors (Lipinski definition) is 2. The zero-order chi connectivity index (χ0) is 51.3. The van der Waals surface area contributed by atoms with E-state index in [1.165, 1.54) is 199 Å². The largest absolute Gasteiger partial charge is 0.472 e. The highest BCUT2D eigenvalue weighted by molar-refractivity contribution is 7.47. The standard InChI is InChI=1S/C58H113O11P/c1-4-7-10-13-16-19-22-24-25-26-27-28-29-31-33-35-38-41-44-47-56(60)65-51-55(69-58(62)49-46-43-40-37-34-30-23-20-17-14-11-8-5-2)53-67-70(63,64)66-52-54(50-59)68-57(61)48-45-42-39-36-32-21-18-15-12-9-6-3/h54-55,59H,4-53H2,1-3H3,(H,63,64). The zero-order valence-corrected chi connectivity index (χ0v) is 46.9. The van der Waals surface area contributed by atoms with Crippen molar-refractivity contribution in [2.45, 2.75) is 328 Å². The first-order valence-corrected chi connectivity index (χ1v) is 31.4. The van der Waals surface area contributed by atoms with E-state index in [2.05, 4.69) is 20.8 Å². The van der Waals surface area contributed by atoms with E-state index in [0.717, 1.165) is 57.8 Å². The highest BCUT2D eigenvalue weighted by Gasteiger charge is 2.28. The number of rotatable bonds is 57. The lowest BCUT2D eigenvalue weighted by atomic mass is 10.0. The van der Waals surface area contributed by atoms with Gasteiger partial charge in [0.05, 0.1) is 19.8 Å². The molecule has 416 valence electrons. The van der Waals surface area contributed by atoms with Crippen molar-refractivity contribution in [3.8, 4) is 0 Å². The summed E-state index contributed by atoms with van der Waals surface area (Å²) in [6, 6.07) is 0. The van der Waals surface area contributed by atoms with Crippen LogP contribution in [0.25, 0.3) is 0 Å². The van der Waals surface area contributed by atoms with Crippen molar-refractivity contribution in [1.82, 2.24) is 0 Å². The molecule has 0 heterocycles. The van der Waals surface area contributed by atoms with Crippen molar-refractivity contribution in [2.24, 2.45) is 0 Å². The fourth-order valence-corrected chi connectivity index (χ4v) is 9.73. The normalized spacial score (nSPS) is 13.3. The van der Waals surface area contributed by atoms with Crippen LogP contribution in [0.3, 0.4) is 0 Å². The number of aliphatic hydroxyl groups is 1. The van der Waals surface area contributed by atoms with E-state index in [9.17, 15) is 28.9 Å². The molecule has 2 N–H and O–H groups in total. The fraction of sp³-hybridized carbons (Fsp3) is 0.948. The molecule has 0 fully saturated rings. The molecule has 0 aliphatic rings. The number of esters is 3. The number of carbonyl (C=O) groups is 3. The number of unbranched alkanes of at least 4 members (excludes halogenated alkanes) is 40. The number of ether oxygens (including phenoxy) is 3. The van der Waals surface area contributed by atoms with E-state index >= 15 is 0 Å². The Morgan fingerprint density at radius 3 is 0.843 bits per heavy atom. The van der Waals surface area contributed by atoms with Crippen LogP contribution in [0.5, 0.6) is 0 Å². The van der Waals surface area contributed by atoms with Crippen molar-refractivity contribution in [2.75, 3.05) is 26.4 Å². The minimum Gasteiger partial charge on any atom is -0.462 e. The summed E-state index contributed by atoms with van der Waals surface area (Å²) in [6.07, 6.45) is 50.6.